The van der Waals surface area contributed by atoms with Gasteiger partial charge >= 0.3 is 0 Å². The number of thioether (sulfide) groups is 1. The monoisotopic (exact) mass is 287 g/mol. The van der Waals surface area contributed by atoms with Crippen molar-refractivity contribution < 1.29 is 0 Å². The van der Waals surface area contributed by atoms with Gasteiger partial charge in [-0.2, -0.15) is 16.9 Å². The highest BCUT2D eigenvalue weighted by molar-refractivity contribution is 9.09. The highest BCUT2D eigenvalue weighted by Crippen LogP contribution is 2.23. The number of aryl methyl sites for hydroxylation is 1. The Bertz CT molecular complexity index is 334. The summed E-state index contributed by atoms with van der Waals surface area (Å²) in [5.41, 5.74) is 1.17. The van der Waals surface area contributed by atoms with Gasteiger partial charge in [0.2, 0.25) is 0 Å². The van der Waals surface area contributed by atoms with Crippen LogP contribution in [0.4, 0.5) is 5.82 Å². The number of rotatable bonds is 2. The van der Waals surface area contributed by atoms with E-state index in [1.807, 2.05) is 11.8 Å². The van der Waals surface area contributed by atoms with Crippen LogP contribution in [0, 0.1) is 6.92 Å². The molecule has 1 fully saturated rings. The number of halogens is 1. The third kappa shape index (κ3) is 2.64. The molecule has 1 saturated heterocycles. The van der Waals surface area contributed by atoms with Crippen LogP contribution in [0.3, 0.4) is 0 Å². The van der Waals surface area contributed by atoms with E-state index in [4.69, 9.17) is 0 Å². The van der Waals surface area contributed by atoms with Crippen LogP contribution < -0.4 is 4.90 Å². The largest absolute Gasteiger partial charge is 0.350 e. The second kappa shape index (κ2) is 5.16. The first-order valence-corrected chi connectivity index (χ1v) is 7.28. The number of alkyl halides is 1. The van der Waals surface area contributed by atoms with E-state index in [1.54, 1.807) is 6.20 Å². The molecule has 3 nitrogen and oxygen atoms in total. The van der Waals surface area contributed by atoms with E-state index in [1.165, 1.54) is 17.1 Å². The minimum atomic E-state index is 0.542. The third-order valence-corrected chi connectivity index (χ3v) is 4.32. The Hall–Kier alpha value is -0.290. The van der Waals surface area contributed by atoms with E-state index in [0.717, 1.165) is 17.7 Å². The maximum Gasteiger partial charge on any atom is 0.151 e. The van der Waals surface area contributed by atoms with Gasteiger partial charge in [-0.3, -0.25) is 0 Å². The van der Waals surface area contributed by atoms with E-state index >= 15 is 0 Å². The van der Waals surface area contributed by atoms with Gasteiger partial charge in [0.1, 0.15) is 0 Å². The number of nitrogens with zero attached hydrogens (tertiary/aromatic N) is 3. The van der Waals surface area contributed by atoms with Crippen molar-refractivity contribution in [2.45, 2.75) is 13.0 Å². The van der Waals surface area contributed by atoms with Crippen LogP contribution in [0.1, 0.15) is 5.56 Å². The smallest absolute Gasteiger partial charge is 0.151 e. The van der Waals surface area contributed by atoms with Gasteiger partial charge in [-0.05, 0) is 18.6 Å². The highest BCUT2D eigenvalue weighted by atomic mass is 79.9. The molecule has 2 rings (SSSR count). The molecule has 0 spiro atoms. The predicted octanol–water partition coefficient (Wildman–Crippen LogP) is 2.10. The zero-order valence-electron chi connectivity index (χ0n) is 8.69. The molecule has 1 aromatic rings. The van der Waals surface area contributed by atoms with Crippen LogP contribution in [0.2, 0.25) is 0 Å². The molecule has 2 heterocycles. The Morgan fingerprint density at radius 2 is 2.53 bits per heavy atom. The minimum absolute atomic E-state index is 0.542. The summed E-state index contributed by atoms with van der Waals surface area (Å²) in [6, 6.07) is 2.65. The average molecular weight is 288 g/mol. The van der Waals surface area contributed by atoms with E-state index in [0.29, 0.717) is 6.04 Å². The molecule has 5 heteroatoms. The average Bonchev–Trinajstić information content (AvgIpc) is 2.29. The molecule has 0 aliphatic carbocycles. The summed E-state index contributed by atoms with van der Waals surface area (Å²) in [4.78, 5) is 2.35. The van der Waals surface area contributed by atoms with Crippen molar-refractivity contribution in [2.75, 3.05) is 28.3 Å². The SMILES string of the molecule is Cc1cnnc(N2CCSCC2CBr)c1. The molecule has 1 unspecified atom stereocenters. The van der Waals surface area contributed by atoms with Crippen molar-refractivity contribution in [1.82, 2.24) is 10.2 Å². The Kier molecular flexibility index (Phi) is 3.86. The normalized spacial score (nSPS) is 21.7. The molecule has 0 aromatic carbocycles. The van der Waals surface area contributed by atoms with Crippen molar-refractivity contribution >= 4 is 33.5 Å². The molecule has 1 aromatic heterocycles. The minimum Gasteiger partial charge on any atom is -0.350 e. The number of hydrogen-bond acceptors (Lipinski definition) is 4. The first kappa shape index (κ1) is 11.2. The van der Waals surface area contributed by atoms with Gasteiger partial charge in [-0.15, -0.1) is 5.10 Å². The lowest BCUT2D eigenvalue weighted by Gasteiger charge is -2.35. The van der Waals surface area contributed by atoms with E-state index < -0.39 is 0 Å². The quantitative estimate of drug-likeness (QED) is 0.779. The summed E-state index contributed by atoms with van der Waals surface area (Å²) < 4.78 is 0. The molecule has 0 bridgehead atoms. The summed E-state index contributed by atoms with van der Waals surface area (Å²) in [5.74, 6) is 3.36. The van der Waals surface area contributed by atoms with E-state index in [2.05, 4.69) is 44.0 Å². The molecule has 1 aliphatic rings. The predicted molar refractivity (Wildman–Crippen MR) is 69.0 cm³/mol. The summed E-state index contributed by atoms with van der Waals surface area (Å²) in [6.07, 6.45) is 1.80. The Morgan fingerprint density at radius 1 is 1.67 bits per heavy atom. The van der Waals surface area contributed by atoms with Crippen LogP contribution in [0.25, 0.3) is 0 Å². The molecular formula is C10H14BrN3S. The Morgan fingerprint density at radius 3 is 3.27 bits per heavy atom. The van der Waals surface area contributed by atoms with Crippen molar-refractivity contribution in [3.05, 3.63) is 17.8 Å². The van der Waals surface area contributed by atoms with Gasteiger partial charge in [0.05, 0.1) is 6.20 Å². The van der Waals surface area contributed by atoms with E-state index in [-0.39, 0.29) is 0 Å². The lowest BCUT2D eigenvalue weighted by atomic mass is 10.2. The highest BCUT2D eigenvalue weighted by Gasteiger charge is 2.23. The third-order valence-electron chi connectivity index (χ3n) is 2.48. The fraction of sp³-hybridized carbons (Fsp3) is 0.600. The Balaban J connectivity index is 2.20. The van der Waals surface area contributed by atoms with Crippen molar-refractivity contribution in [3.63, 3.8) is 0 Å². The summed E-state index contributed by atoms with van der Waals surface area (Å²) in [5, 5.41) is 9.22. The summed E-state index contributed by atoms with van der Waals surface area (Å²) in [7, 11) is 0. The number of aromatic nitrogens is 2. The fourth-order valence-electron chi connectivity index (χ4n) is 1.67. The molecule has 0 N–H and O–H groups in total. The van der Waals surface area contributed by atoms with Gasteiger partial charge in [0.15, 0.2) is 5.82 Å². The number of hydrogen-bond donors (Lipinski definition) is 0. The zero-order valence-corrected chi connectivity index (χ0v) is 11.1. The van der Waals surface area contributed by atoms with Gasteiger partial charge in [0, 0.05) is 29.4 Å². The van der Waals surface area contributed by atoms with Crippen molar-refractivity contribution in [1.29, 1.82) is 0 Å². The van der Waals surface area contributed by atoms with Crippen LogP contribution in [0.5, 0.6) is 0 Å². The molecule has 1 atom stereocenters. The van der Waals surface area contributed by atoms with Gasteiger partial charge in [-0.1, -0.05) is 15.9 Å². The molecule has 1 aliphatic heterocycles. The maximum atomic E-state index is 4.21. The van der Waals surface area contributed by atoms with Crippen LogP contribution in [-0.2, 0) is 0 Å². The number of anilines is 1. The van der Waals surface area contributed by atoms with Gasteiger partial charge < -0.3 is 4.90 Å². The molecule has 15 heavy (non-hydrogen) atoms. The van der Waals surface area contributed by atoms with E-state index in [9.17, 15) is 0 Å². The maximum absolute atomic E-state index is 4.21. The standard InChI is InChI=1S/C10H14BrN3S/c1-8-4-10(13-12-6-8)14-2-3-15-7-9(14)5-11/h4,6,9H,2-3,5,7H2,1H3. The lowest BCUT2D eigenvalue weighted by Crippen LogP contribution is -2.44. The second-order valence-corrected chi connectivity index (χ2v) is 5.46. The van der Waals surface area contributed by atoms with Crippen LogP contribution in [-0.4, -0.2) is 39.6 Å². The lowest BCUT2D eigenvalue weighted by molar-refractivity contribution is 0.692. The molecule has 0 amide bonds. The summed E-state index contributed by atoms with van der Waals surface area (Å²) >= 11 is 5.57. The summed E-state index contributed by atoms with van der Waals surface area (Å²) in [6.45, 7) is 3.12. The second-order valence-electron chi connectivity index (χ2n) is 3.67. The molecule has 0 saturated carbocycles. The van der Waals surface area contributed by atoms with Gasteiger partial charge in [-0.25, -0.2) is 0 Å². The molecular weight excluding hydrogens is 274 g/mol. The zero-order chi connectivity index (χ0) is 10.7. The first-order chi connectivity index (χ1) is 7.31. The molecule has 0 radical (unpaired) electrons. The van der Waals surface area contributed by atoms with Crippen LogP contribution >= 0.6 is 27.7 Å². The first-order valence-electron chi connectivity index (χ1n) is 5.01. The fourth-order valence-corrected chi connectivity index (χ4v) is 3.62. The van der Waals surface area contributed by atoms with Crippen molar-refractivity contribution in [3.8, 4) is 0 Å². The van der Waals surface area contributed by atoms with Crippen LogP contribution in [0.15, 0.2) is 12.3 Å². The molecule has 82 valence electrons. The topological polar surface area (TPSA) is 29.0 Å². The van der Waals surface area contributed by atoms with Gasteiger partial charge in [0.25, 0.3) is 0 Å². The Labute approximate surface area is 103 Å². The van der Waals surface area contributed by atoms with Crippen molar-refractivity contribution in [2.24, 2.45) is 0 Å².